The lowest BCUT2D eigenvalue weighted by Crippen LogP contribution is -1.95. The van der Waals surface area contributed by atoms with E-state index in [9.17, 15) is 0 Å². The second kappa shape index (κ2) is 4.46. The van der Waals surface area contributed by atoms with E-state index >= 15 is 0 Å². The fourth-order valence-electron chi connectivity index (χ4n) is 3.38. The quantitative estimate of drug-likeness (QED) is 0.542. The molecule has 3 aromatic carbocycles. The van der Waals surface area contributed by atoms with Crippen molar-refractivity contribution in [1.29, 1.82) is 0 Å². The third-order valence-electron chi connectivity index (χ3n) is 4.52. The van der Waals surface area contributed by atoms with E-state index in [0.29, 0.717) is 6.04 Å². The van der Waals surface area contributed by atoms with Gasteiger partial charge in [0, 0.05) is 29.0 Å². The van der Waals surface area contributed by atoms with E-state index in [2.05, 4.69) is 82.7 Å². The van der Waals surface area contributed by atoms with Crippen molar-refractivity contribution in [1.82, 2.24) is 9.88 Å². The molecule has 0 bridgehead atoms. The molecule has 2 nitrogen and oxygen atoms in total. The van der Waals surface area contributed by atoms with Crippen LogP contribution in [0.15, 0.2) is 72.8 Å². The fraction of sp³-hybridized carbons (Fsp3) is 0.100. The predicted octanol–water partition coefficient (Wildman–Crippen LogP) is 4.43. The summed E-state index contributed by atoms with van der Waals surface area (Å²) in [5.74, 6) is 0. The Balaban J connectivity index is 1.87. The smallest absolute Gasteiger partial charge is 0.0541 e. The topological polar surface area (TPSA) is 26.9 Å². The second-order valence-electron chi connectivity index (χ2n) is 5.93. The largest absolute Gasteiger partial charge is 0.309 e. The molecule has 0 spiro atoms. The molecule has 0 aliphatic carbocycles. The van der Waals surface area contributed by atoms with Crippen LogP contribution in [0.2, 0.25) is 0 Å². The molecule has 1 aromatic heterocycles. The zero-order chi connectivity index (χ0) is 14.5. The van der Waals surface area contributed by atoms with Gasteiger partial charge in [0.25, 0.3) is 0 Å². The first-order chi connectivity index (χ1) is 10.9. The molecule has 1 saturated heterocycles. The summed E-state index contributed by atoms with van der Waals surface area (Å²) >= 11 is 0. The Morgan fingerprint density at radius 3 is 2.05 bits per heavy atom. The van der Waals surface area contributed by atoms with E-state index in [1.807, 2.05) is 0 Å². The van der Waals surface area contributed by atoms with Gasteiger partial charge in [0.1, 0.15) is 0 Å². The Hall–Kier alpha value is -2.58. The maximum atomic E-state index is 3.39. The summed E-state index contributed by atoms with van der Waals surface area (Å²) in [6, 6.07) is 26.7. The summed E-state index contributed by atoms with van der Waals surface area (Å²) in [6.07, 6.45) is 0. The number of rotatable bonds is 2. The lowest BCUT2D eigenvalue weighted by molar-refractivity contribution is 1.06. The molecule has 2 heteroatoms. The van der Waals surface area contributed by atoms with Crippen LogP contribution in [0, 0.1) is 0 Å². The van der Waals surface area contributed by atoms with Gasteiger partial charge in [-0.2, -0.15) is 0 Å². The minimum absolute atomic E-state index is 0.535. The lowest BCUT2D eigenvalue weighted by atomic mass is 10.1. The Morgan fingerprint density at radius 1 is 0.773 bits per heavy atom. The number of hydrogen-bond donors (Lipinski definition) is 1. The molecule has 1 aliphatic heterocycles. The molecule has 0 saturated carbocycles. The number of benzene rings is 3. The average molecular weight is 284 g/mol. The molecular formula is C20H16N2. The standard InChI is InChI=1S/C20H16N2/c1-3-10-19-16(8-1)17-9-2-4-11-20(17)22(19)15-7-5-6-14(12-15)18-13-21-18/h1-12,18,21H,13H2. The van der Waals surface area contributed by atoms with Crippen LogP contribution in [0.4, 0.5) is 0 Å². The van der Waals surface area contributed by atoms with Gasteiger partial charge < -0.3 is 9.88 Å². The van der Waals surface area contributed by atoms with Crippen LogP contribution in [0.1, 0.15) is 11.6 Å². The minimum Gasteiger partial charge on any atom is -0.309 e. The molecule has 22 heavy (non-hydrogen) atoms. The van der Waals surface area contributed by atoms with Gasteiger partial charge >= 0.3 is 0 Å². The Labute approximate surface area is 129 Å². The third-order valence-corrected chi connectivity index (χ3v) is 4.52. The van der Waals surface area contributed by atoms with Crippen molar-refractivity contribution in [2.45, 2.75) is 6.04 Å². The highest BCUT2D eigenvalue weighted by atomic mass is 15.1. The van der Waals surface area contributed by atoms with Gasteiger partial charge in [-0.1, -0.05) is 48.5 Å². The van der Waals surface area contributed by atoms with Crippen LogP contribution in [0.3, 0.4) is 0 Å². The molecule has 5 rings (SSSR count). The lowest BCUT2D eigenvalue weighted by Gasteiger charge is -2.09. The number of nitrogens with zero attached hydrogens (tertiary/aromatic N) is 1. The highest BCUT2D eigenvalue weighted by molar-refractivity contribution is 6.09. The van der Waals surface area contributed by atoms with Crippen molar-refractivity contribution < 1.29 is 0 Å². The maximum absolute atomic E-state index is 3.39. The van der Waals surface area contributed by atoms with Crippen molar-refractivity contribution in [3.63, 3.8) is 0 Å². The zero-order valence-electron chi connectivity index (χ0n) is 12.2. The van der Waals surface area contributed by atoms with Gasteiger partial charge in [-0.15, -0.1) is 0 Å². The summed E-state index contributed by atoms with van der Waals surface area (Å²) < 4.78 is 2.37. The van der Waals surface area contributed by atoms with E-state index in [0.717, 1.165) is 6.54 Å². The average Bonchev–Trinajstić information content (AvgIpc) is 3.37. The van der Waals surface area contributed by atoms with E-state index in [4.69, 9.17) is 0 Å². The van der Waals surface area contributed by atoms with Gasteiger partial charge in [0.05, 0.1) is 11.0 Å². The minimum atomic E-state index is 0.535. The normalized spacial score (nSPS) is 17.2. The molecule has 0 amide bonds. The highest BCUT2D eigenvalue weighted by Gasteiger charge is 2.22. The van der Waals surface area contributed by atoms with Gasteiger partial charge in [-0.3, -0.25) is 0 Å². The molecule has 1 unspecified atom stereocenters. The van der Waals surface area contributed by atoms with Crippen LogP contribution in [-0.2, 0) is 0 Å². The highest BCUT2D eigenvalue weighted by Crippen LogP contribution is 2.32. The van der Waals surface area contributed by atoms with Crippen molar-refractivity contribution in [2.75, 3.05) is 6.54 Å². The Kier molecular flexibility index (Phi) is 2.43. The van der Waals surface area contributed by atoms with Crippen LogP contribution in [0.5, 0.6) is 0 Å². The molecule has 2 heterocycles. The van der Waals surface area contributed by atoms with Gasteiger partial charge in [-0.25, -0.2) is 0 Å². The van der Waals surface area contributed by atoms with Crippen LogP contribution < -0.4 is 5.32 Å². The molecule has 1 N–H and O–H groups in total. The fourth-order valence-corrected chi connectivity index (χ4v) is 3.38. The molecule has 0 radical (unpaired) electrons. The maximum Gasteiger partial charge on any atom is 0.0541 e. The number of fused-ring (bicyclic) bond motifs is 3. The van der Waals surface area contributed by atoms with Crippen molar-refractivity contribution in [3.8, 4) is 5.69 Å². The molecule has 106 valence electrons. The van der Waals surface area contributed by atoms with Gasteiger partial charge in [-0.05, 0) is 29.8 Å². The summed E-state index contributed by atoms with van der Waals surface area (Å²) in [7, 11) is 0. The summed E-state index contributed by atoms with van der Waals surface area (Å²) in [4.78, 5) is 0. The molecule has 1 aliphatic rings. The number of nitrogens with one attached hydrogen (secondary N) is 1. The van der Waals surface area contributed by atoms with Crippen molar-refractivity contribution in [2.24, 2.45) is 0 Å². The van der Waals surface area contributed by atoms with E-state index in [-0.39, 0.29) is 0 Å². The van der Waals surface area contributed by atoms with Gasteiger partial charge in [0.2, 0.25) is 0 Å². The predicted molar refractivity (Wildman–Crippen MR) is 91.5 cm³/mol. The number of para-hydroxylation sites is 2. The second-order valence-corrected chi connectivity index (χ2v) is 5.93. The number of hydrogen-bond acceptors (Lipinski definition) is 1. The van der Waals surface area contributed by atoms with Crippen LogP contribution in [0.25, 0.3) is 27.5 Å². The van der Waals surface area contributed by atoms with Crippen molar-refractivity contribution >= 4 is 21.8 Å². The first-order valence-electron chi connectivity index (χ1n) is 7.74. The van der Waals surface area contributed by atoms with E-state index < -0.39 is 0 Å². The summed E-state index contributed by atoms with van der Waals surface area (Å²) in [6.45, 7) is 1.09. The number of aromatic nitrogens is 1. The molecule has 4 aromatic rings. The van der Waals surface area contributed by atoms with Crippen molar-refractivity contribution in [3.05, 3.63) is 78.4 Å². The monoisotopic (exact) mass is 284 g/mol. The molecular weight excluding hydrogens is 268 g/mol. The Bertz CT molecular complexity index is 940. The van der Waals surface area contributed by atoms with Gasteiger partial charge in [0.15, 0.2) is 0 Å². The molecule has 1 atom stereocenters. The first kappa shape index (κ1) is 12.0. The van der Waals surface area contributed by atoms with Crippen LogP contribution in [-0.4, -0.2) is 11.1 Å². The van der Waals surface area contributed by atoms with E-state index in [1.165, 1.54) is 33.1 Å². The van der Waals surface area contributed by atoms with Crippen LogP contribution >= 0.6 is 0 Å². The Morgan fingerprint density at radius 2 is 1.41 bits per heavy atom. The summed E-state index contributed by atoms with van der Waals surface area (Å²) in [5, 5.41) is 6.01. The summed E-state index contributed by atoms with van der Waals surface area (Å²) in [5.41, 5.74) is 5.15. The zero-order valence-corrected chi connectivity index (χ0v) is 12.2. The third kappa shape index (κ3) is 1.71. The molecule has 1 fully saturated rings. The van der Waals surface area contributed by atoms with E-state index in [1.54, 1.807) is 0 Å². The SMILES string of the molecule is c1cc(C2CN2)cc(-n2c3ccccc3c3ccccc32)c1. The first-order valence-corrected chi connectivity index (χ1v) is 7.74.